The third kappa shape index (κ3) is 18.0. The third-order valence-corrected chi connectivity index (χ3v) is 6.61. The van der Waals surface area contributed by atoms with Crippen molar-refractivity contribution in [2.75, 3.05) is 6.61 Å². The van der Waals surface area contributed by atoms with Crippen molar-refractivity contribution in [2.45, 2.75) is 0 Å². The maximum Gasteiger partial charge on any atom is 1.00 e. The van der Waals surface area contributed by atoms with Gasteiger partial charge in [-0.05, 0) is 30.2 Å². The fourth-order valence-electron chi connectivity index (χ4n) is 1.84. The second kappa shape index (κ2) is 19.1. The Hall–Kier alpha value is 1.92. The van der Waals surface area contributed by atoms with Crippen LogP contribution in [0, 0.1) is 0 Å². The van der Waals surface area contributed by atoms with Gasteiger partial charge in [0.1, 0.15) is 5.69 Å². The smallest absolute Gasteiger partial charge is 0.860 e. The molecule has 0 aliphatic rings. The van der Waals surface area contributed by atoms with E-state index in [1.807, 2.05) is 0 Å². The van der Waals surface area contributed by atoms with E-state index in [2.05, 4.69) is 28.4 Å². The van der Waals surface area contributed by atoms with Crippen LogP contribution in [0.1, 0.15) is 0 Å². The van der Waals surface area contributed by atoms with Crippen molar-refractivity contribution >= 4 is 46.4 Å². The average Bonchev–Trinajstić information content (AvgIpc) is 2.64. The Kier molecular flexibility index (Phi) is 22.6. The van der Waals surface area contributed by atoms with Crippen molar-refractivity contribution in [2.24, 2.45) is 15.2 Å². The minimum atomic E-state index is -6.05. The fraction of sp³-hybridized carbons (Fsp3) is 0.0714. The topological polar surface area (TPSA) is 228 Å². The largest absolute Gasteiger partial charge is 1.00 e. The zero-order valence-electron chi connectivity index (χ0n) is 19.1. The van der Waals surface area contributed by atoms with Crippen molar-refractivity contribution in [1.29, 1.82) is 0 Å². The number of benzene rings is 2. The third-order valence-electron chi connectivity index (χ3n) is 2.91. The first-order chi connectivity index (χ1) is 14.4. The van der Waals surface area contributed by atoms with Gasteiger partial charge in [-0.3, -0.25) is 13.9 Å². The second-order valence-electron chi connectivity index (χ2n) is 5.33. The summed E-state index contributed by atoms with van der Waals surface area (Å²) < 4.78 is 43.6. The Labute approximate surface area is 288 Å². The predicted octanol–water partition coefficient (Wildman–Crippen LogP) is -11.0. The number of para-hydroxylation sites is 1. The molecule has 0 aromatic heterocycles. The van der Waals surface area contributed by atoms with E-state index >= 15 is 0 Å². The van der Waals surface area contributed by atoms with Gasteiger partial charge in [0.15, 0.2) is 0 Å². The molecular formula is C14H12N3Na4O11P3. The summed E-state index contributed by atoms with van der Waals surface area (Å²) in [6.07, 6.45) is 0. The summed E-state index contributed by atoms with van der Waals surface area (Å²) in [4.78, 5) is 44.6. The summed E-state index contributed by atoms with van der Waals surface area (Å²) in [6, 6.07) is 14.6. The van der Waals surface area contributed by atoms with Gasteiger partial charge >= 0.3 is 126 Å². The number of nitrogens with zero attached hydrogens (tertiary/aromatic N) is 3. The molecule has 0 bridgehead atoms. The molecule has 0 radical (unpaired) electrons. The Morgan fingerprint density at radius 2 is 1.31 bits per heavy atom. The molecule has 168 valence electrons. The quantitative estimate of drug-likeness (QED) is 0.0908. The fourth-order valence-corrected chi connectivity index (χ4v) is 4.71. The van der Waals surface area contributed by atoms with Gasteiger partial charge in [0.2, 0.25) is 0 Å². The Morgan fingerprint density at radius 3 is 1.86 bits per heavy atom. The summed E-state index contributed by atoms with van der Waals surface area (Å²) in [5.74, 6) is -1.17. The average molecular weight is 583 g/mol. The molecular weight excluding hydrogens is 571 g/mol. The van der Waals surface area contributed by atoms with E-state index in [0.717, 1.165) is 0 Å². The van der Waals surface area contributed by atoms with Crippen LogP contribution in [-0.2, 0) is 26.8 Å². The molecule has 0 saturated carbocycles. The van der Waals surface area contributed by atoms with Crippen molar-refractivity contribution in [3.63, 3.8) is 0 Å². The number of phosphoric ester groups is 1. The molecule has 0 aliphatic heterocycles. The first kappa shape index (κ1) is 41.4. The Morgan fingerprint density at radius 1 is 0.800 bits per heavy atom. The van der Waals surface area contributed by atoms with Crippen LogP contribution in [-0.4, -0.2) is 17.4 Å². The summed E-state index contributed by atoms with van der Waals surface area (Å²) >= 11 is 0. The van der Waals surface area contributed by atoms with Gasteiger partial charge in [0, 0.05) is 0 Å². The maximum atomic E-state index is 11.9. The molecule has 1 N–H and O–H groups in total. The second-order valence-corrected chi connectivity index (χ2v) is 9.62. The minimum absolute atomic E-state index is 0. The van der Waals surface area contributed by atoms with E-state index in [9.17, 15) is 33.5 Å². The molecule has 2 aromatic carbocycles. The molecule has 21 heteroatoms. The van der Waals surface area contributed by atoms with Gasteiger partial charge < -0.3 is 33.8 Å². The number of rotatable bonds is 10. The Balaban J connectivity index is -0.00000256. The van der Waals surface area contributed by atoms with E-state index in [1.54, 1.807) is 36.4 Å². The molecule has 0 aliphatic carbocycles. The predicted molar refractivity (Wildman–Crippen MR) is 97.3 cm³/mol. The zero-order valence-corrected chi connectivity index (χ0v) is 29.8. The van der Waals surface area contributed by atoms with E-state index in [1.165, 1.54) is 18.2 Å². The summed E-state index contributed by atoms with van der Waals surface area (Å²) in [6.45, 7) is -1.28. The van der Waals surface area contributed by atoms with Crippen LogP contribution in [0.2, 0.25) is 0 Å². The molecule has 0 saturated heterocycles. The number of azo groups is 1. The van der Waals surface area contributed by atoms with Crippen molar-refractivity contribution in [3.05, 3.63) is 54.6 Å². The van der Waals surface area contributed by atoms with Gasteiger partial charge in [0.25, 0.3) is 7.82 Å². The first-order valence-electron chi connectivity index (χ1n) is 7.89. The first-order valence-corrected chi connectivity index (χ1v) is 12.3. The van der Waals surface area contributed by atoms with Crippen molar-refractivity contribution < 1.29 is 170 Å². The molecule has 35 heavy (non-hydrogen) atoms. The van der Waals surface area contributed by atoms with Crippen LogP contribution in [0.3, 0.4) is 0 Å². The maximum absolute atomic E-state index is 11.9. The van der Waals surface area contributed by atoms with Gasteiger partial charge in [-0.2, -0.15) is 5.11 Å². The molecule has 0 fully saturated rings. The zero-order chi connectivity index (χ0) is 23.1. The monoisotopic (exact) mass is 583 g/mol. The normalized spacial score (nSPS) is 14.8. The number of phosphoric acid groups is 3. The van der Waals surface area contributed by atoms with Crippen molar-refractivity contribution in [3.8, 4) is 0 Å². The molecule has 0 amide bonds. The molecule has 14 nitrogen and oxygen atoms in total. The molecule has 0 spiro atoms. The molecule has 2 rings (SSSR count). The van der Waals surface area contributed by atoms with Gasteiger partial charge in [-0.15, -0.1) is 5.11 Å². The molecule has 2 unspecified atom stereocenters. The van der Waals surface area contributed by atoms with E-state index in [4.69, 9.17) is 4.89 Å². The van der Waals surface area contributed by atoms with Gasteiger partial charge in [0.05, 0.1) is 25.8 Å². The van der Waals surface area contributed by atoms with Gasteiger partial charge in [-0.1, -0.05) is 30.3 Å². The van der Waals surface area contributed by atoms with Crippen LogP contribution in [0.25, 0.3) is 0 Å². The van der Waals surface area contributed by atoms with Gasteiger partial charge in [-0.25, -0.2) is 8.88 Å². The SMILES string of the molecule is O=P([O-])([O-])OP(=O)(O)OP(=O)([O-])OCC([O-])=Nc1ccccc1N=Nc1ccccc1.[Na+].[Na+].[Na+].[Na+]. The van der Waals surface area contributed by atoms with Crippen LogP contribution >= 0.6 is 23.5 Å². The van der Waals surface area contributed by atoms with Crippen LogP contribution in [0.15, 0.2) is 69.8 Å². The Bertz CT molecular complexity index is 1120. The van der Waals surface area contributed by atoms with Crippen LogP contribution in [0.4, 0.5) is 17.1 Å². The van der Waals surface area contributed by atoms with E-state index < -0.39 is 36.0 Å². The summed E-state index contributed by atoms with van der Waals surface area (Å²) in [7, 11) is -17.6. The summed E-state index contributed by atoms with van der Waals surface area (Å²) in [5.41, 5.74) is 0.691. The number of hydrogen-bond acceptors (Lipinski definition) is 13. The number of hydrogen-bond donors (Lipinski definition) is 1. The minimum Gasteiger partial charge on any atom is -0.860 e. The van der Waals surface area contributed by atoms with Crippen LogP contribution in [0.5, 0.6) is 0 Å². The molecule has 2 aromatic rings. The molecule has 2 atom stereocenters. The van der Waals surface area contributed by atoms with E-state index in [-0.39, 0.29) is 130 Å². The standard InChI is InChI=1S/C14H16N3O11P3.4Na/c18-14(10-26-30(22,23)28-31(24,25)27-29(19,20)21)15-12-8-4-5-9-13(12)17-16-11-6-2-1-3-7-11;;;;/h1-9H,10H2,(H,15,18)(H,22,23)(H,24,25)(H2,19,20,21);;;;/q;4*+1/p-4. The van der Waals surface area contributed by atoms with Crippen LogP contribution < -0.4 is 138 Å². The summed E-state index contributed by atoms with van der Waals surface area (Å²) in [5, 5.41) is 19.8. The van der Waals surface area contributed by atoms with E-state index in [0.29, 0.717) is 5.69 Å². The van der Waals surface area contributed by atoms with Crippen molar-refractivity contribution in [1.82, 2.24) is 0 Å². The molecule has 0 heterocycles. The number of aliphatic imine (C=N–C) groups is 1.